The van der Waals surface area contributed by atoms with Crippen LogP contribution in [0.25, 0.3) is 0 Å². The molecule has 106 valence electrons. The molecule has 1 saturated heterocycles. The fourth-order valence-electron chi connectivity index (χ4n) is 2.34. The summed E-state index contributed by atoms with van der Waals surface area (Å²) >= 11 is 0. The molecule has 1 amide bonds. The number of nitrogens with zero attached hydrogens (tertiary/aromatic N) is 2. The summed E-state index contributed by atoms with van der Waals surface area (Å²) in [6.07, 6.45) is 5.44. The number of nitrogens with one attached hydrogen (secondary N) is 2. The van der Waals surface area contributed by atoms with Crippen LogP contribution in [0.4, 0.5) is 0 Å². The van der Waals surface area contributed by atoms with Gasteiger partial charge in [0.05, 0.1) is 17.3 Å². The van der Waals surface area contributed by atoms with Crippen molar-refractivity contribution in [2.24, 2.45) is 0 Å². The Kier molecular flexibility index (Phi) is 3.94. The van der Waals surface area contributed by atoms with Crippen molar-refractivity contribution in [1.82, 2.24) is 20.4 Å². The smallest absolute Gasteiger partial charge is 0.254 e. The maximum Gasteiger partial charge on any atom is 0.254 e. The van der Waals surface area contributed by atoms with Gasteiger partial charge in [-0.15, -0.1) is 0 Å². The normalized spacial score (nSPS) is 24.2. The molecule has 2 rings (SSSR count). The zero-order chi connectivity index (χ0) is 14.0. The molecule has 0 saturated carbocycles. The highest BCUT2D eigenvalue weighted by atomic mass is 16.1. The molecule has 1 aromatic heterocycles. The second kappa shape index (κ2) is 5.33. The molecule has 2 atom stereocenters. The van der Waals surface area contributed by atoms with Crippen LogP contribution >= 0.6 is 0 Å². The summed E-state index contributed by atoms with van der Waals surface area (Å²) in [5, 5.41) is 10.7. The standard InChI is InChI=1S/C14H24N4O/c1-10-7-12(5-6-15-10)17-13(19)11-8-16-18(9-11)14(2,3)4/h8-10,12,15H,5-7H2,1-4H3,(H,17,19). The minimum absolute atomic E-state index is 0.0189. The lowest BCUT2D eigenvalue weighted by atomic mass is 10.0. The second-order valence-corrected chi connectivity index (χ2v) is 6.39. The molecule has 19 heavy (non-hydrogen) atoms. The van der Waals surface area contributed by atoms with E-state index < -0.39 is 0 Å². The number of amides is 1. The highest BCUT2D eigenvalue weighted by Gasteiger charge is 2.22. The first-order chi connectivity index (χ1) is 8.86. The molecule has 1 aromatic rings. The largest absolute Gasteiger partial charge is 0.349 e. The number of aromatic nitrogens is 2. The van der Waals surface area contributed by atoms with Crippen LogP contribution in [0.5, 0.6) is 0 Å². The van der Waals surface area contributed by atoms with Crippen LogP contribution in [0.15, 0.2) is 12.4 Å². The van der Waals surface area contributed by atoms with Gasteiger partial charge >= 0.3 is 0 Å². The molecule has 0 bridgehead atoms. The van der Waals surface area contributed by atoms with Gasteiger partial charge in [-0.1, -0.05) is 0 Å². The molecule has 2 N–H and O–H groups in total. The van der Waals surface area contributed by atoms with Crippen molar-refractivity contribution in [3.05, 3.63) is 18.0 Å². The lowest BCUT2D eigenvalue weighted by molar-refractivity contribution is 0.0925. The Hall–Kier alpha value is -1.36. The molecule has 0 radical (unpaired) electrons. The minimum atomic E-state index is -0.0954. The summed E-state index contributed by atoms with van der Waals surface area (Å²) in [4.78, 5) is 12.2. The molecular weight excluding hydrogens is 240 g/mol. The molecule has 2 heterocycles. The fourth-order valence-corrected chi connectivity index (χ4v) is 2.34. The first-order valence-corrected chi connectivity index (χ1v) is 6.95. The van der Waals surface area contributed by atoms with Crippen LogP contribution in [0, 0.1) is 0 Å². The van der Waals surface area contributed by atoms with E-state index in [2.05, 4.69) is 43.4 Å². The van der Waals surface area contributed by atoms with Gasteiger partial charge in [0.1, 0.15) is 0 Å². The third kappa shape index (κ3) is 3.56. The van der Waals surface area contributed by atoms with Gasteiger partial charge in [0, 0.05) is 18.3 Å². The zero-order valence-corrected chi connectivity index (χ0v) is 12.2. The average Bonchev–Trinajstić information content (AvgIpc) is 2.77. The Labute approximate surface area is 114 Å². The van der Waals surface area contributed by atoms with E-state index in [1.165, 1.54) is 0 Å². The van der Waals surface area contributed by atoms with E-state index in [0.717, 1.165) is 19.4 Å². The molecule has 1 aliphatic heterocycles. The van der Waals surface area contributed by atoms with E-state index in [1.54, 1.807) is 6.20 Å². The van der Waals surface area contributed by atoms with Crippen LogP contribution in [0.1, 0.15) is 50.9 Å². The SMILES string of the molecule is CC1CC(NC(=O)c2cnn(C(C)(C)C)c2)CCN1. The second-order valence-electron chi connectivity index (χ2n) is 6.39. The van der Waals surface area contributed by atoms with Crippen LogP contribution < -0.4 is 10.6 Å². The molecule has 1 aliphatic rings. The van der Waals surface area contributed by atoms with Crippen LogP contribution in [0.3, 0.4) is 0 Å². The van der Waals surface area contributed by atoms with Crippen molar-refractivity contribution in [3.63, 3.8) is 0 Å². The van der Waals surface area contributed by atoms with Crippen LogP contribution in [-0.2, 0) is 5.54 Å². The van der Waals surface area contributed by atoms with Crippen molar-refractivity contribution >= 4 is 5.91 Å². The van der Waals surface area contributed by atoms with Gasteiger partial charge in [0.25, 0.3) is 5.91 Å². The quantitative estimate of drug-likeness (QED) is 0.851. The number of carbonyl (C=O) groups excluding carboxylic acids is 1. The predicted molar refractivity (Wildman–Crippen MR) is 75.2 cm³/mol. The number of piperidine rings is 1. The fraction of sp³-hybridized carbons (Fsp3) is 0.714. The van der Waals surface area contributed by atoms with Gasteiger partial charge in [-0.3, -0.25) is 9.48 Å². The van der Waals surface area contributed by atoms with Crippen molar-refractivity contribution in [3.8, 4) is 0 Å². The Morgan fingerprint density at radius 1 is 1.53 bits per heavy atom. The summed E-state index contributed by atoms with van der Waals surface area (Å²) < 4.78 is 1.83. The molecule has 2 unspecified atom stereocenters. The molecule has 5 heteroatoms. The molecule has 0 aliphatic carbocycles. The zero-order valence-electron chi connectivity index (χ0n) is 12.2. The van der Waals surface area contributed by atoms with Gasteiger partial charge in [0.2, 0.25) is 0 Å². The summed E-state index contributed by atoms with van der Waals surface area (Å²) in [5.41, 5.74) is 0.544. The van der Waals surface area contributed by atoms with Crippen LogP contribution in [-0.4, -0.2) is 34.3 Å². The predicted octanol–water partition coefficient (Wildman–Crippen LogP) is 1.51. The maximum atomic E-state index is 12.2. The third-order valence-corrected chi connectivity index (χ3v) is 3.49. The number of rotatable bonds is 2. The monoisotopic (exact) mass is 264 g/mol. The van der Waals surface area contributed by atoms with Gasteiger partial charge in [0.15, 0.2) is 0 Å². The molecule has 0 aromatic carbocycles. The summed E-state index contributed by atoms with van der Waals surface area (Å²) in [7, 11) is 0. The Morgan fingerprint density at radius 3 is 2.84 bits per heavy atom. The molecule has 0 spiro atoms. The number of hydrogen-bond donors (Lipinski definition) is 2. The number of carbonyl (C=O) groups is 1. The Balaban J connectivity index is 1.98. The Morgan fingerprint density at radius 2 is 2.26 bits per heavy atom. The topological polar surface area (TPSA) is 59.0 Å². The van der Waals surface area contributed by atoms with E-state index in [-0.39, 0.29) is 17.5 Å². The Bertz CT molecular complexity index is 447. The summed E-state index contributed by atoms with van der Waals surface area (Å²) in [5.74, 6) is -0.0189. The van der Waals surface area contributed by atoms with E-state index in [1.807, 2.05) is 10.9 Å². The molecule has 5 nitrogen and oxygen atoms in total. The lowest BCUT2D eigenvalue weighted by Crippen LogP contribution is -2.46. The van der Waals surface area contributed by atoms with E-state index in [4.69, 9.17) is 0 Å². The lowest BCUT2D eigenvalue weighted by Gasteiger charge is -2.28. The van der Waals surface area contributed by atoms with Crippen molar-refractivity contribution in [2.45, 2.75) is 58.2 Å². The first-order valence-electron chi connectivity index (χ1n) is 6.95. The molecule has 1 fully saturated rings. The number of hydrogen-bond acceptors (Lipinski definition) is 3. The van der Waals surface area contributed by atoms with E-state index in [9.17, 15) is 4.79 Å². The maximum absolute atomic E-state index is 12.2. The van der Waals surface area contributed by atoms with E-state index >= 15 is 0 Å². The molecular formula is C14H24N4O. The van der Waals surface area contributed by atoms with Crippen molar-refractivity contribution in [1.29, 1.82) is 0 Å². The first kappa shape index (κ1) is 14.1. The highest BCUT2D eigenvalue weighted by molar-refractivity contribution is 5.93. The third-order valence-electron chi connectivity index (χ3n) is 3.49. The van der Waals surface area contributed by atoms with E-state index in [0.29, 0.717) is 11.6 Å². The van der Waals surface area contributed by atoms with Crippen LogP contribution in [0.2, 0.25) is 0 Å². The average molecular weight is 264 g/mol. The van der Waals surface area contributed by atoms with Gasteiger partial charge in [-0.2, -0.15) is 5.10 Å². The minimum Gasteiger partial charge on any atom is -0.349 e. The highest BCUT2D eigenvalue weighted by Crippen LogP contribution is 2.14. The van der Waals surface area contributed by atoms with Gasteiger partial charge in [-0.05, 0) is 47.1 Å². The summed E-state index contributed by atoms with van der Waals surface area (Å²) in [6, 6.07) is 0.734. The summed E-state index contributed by atoms with van der Waals surface area (Å²) in [6.45, 7) is 9.31. The van der Waals surface area contributed by atoms with Gasteiger partial charge < -0.3 is 10.6 Å². The van der Waals surface area contributed by atoms with Gasteiger partial charge in [-0.25, -0.2) is 0 Å². The van der Waals surface area contributed by atoms with Crippen molar-refractivity contribution in [2.75, 3.05) is 6.54 Å². The van der Waals surface area contributed by atoms with Crippen molar-refractivity contribution < 1.29 is 4.79 Å².